The van der Waals surface area contributed by atoms with E-state index in [9.17, 15) is 8.42 Å². The number of sulfonamides is 1. The third kappa shape index (κ3) is 6.53. The van der Waals surface area contributed by atoms with E-state index in [1.807, 2.05) is 19.0 Å². The number of nitrogens with zero attached hydrogens (tertiary/aromatic N) is 1. The van der Waals surface area contributed by atoms with E-state index < -0.39 is 10.0 Å². The average Bonchev–Trinajstić information content (AvgIpc) is 1.85. The monoisotopic (exact) mass is 195 g/mol. The second-order valence-electron chi connectivity index (χ2n) is 2.81. The summed E-state index contributed by atoms with van der Waals surface area (Å²) in [4.78, 5) is 1.91. The second kappa shape index (κ2) is 5.47. The van der Waals surface area contributed by atoms with E-state index in [2.05, 4.69) is 4.72 Å². The van der Waals surface area contributed by atoms with Gasteiger partial charge in [-0.25, -0.2) is 13.1 Å². The van der Waals surface area contributed by atoms with Crippen molar-refractivity contribution in [2.45, 2.75) is 0 Å². The van der Waals surface area contributed by atoms with Crippen LogP contribution in [0.4, 0.5) is 0 Å². The minimum atomic E-state index is -3.13. The summed E-state index contributed by atoms with van der Waals surface area (Å²) in [5, 5.41) is 0. The molecule has 0 rings (SSSR count). The van der Waals surface area contributed by atoms with Crippen LogP contribution in [0, 0.1) is 0 Å². The van der Waals surface area contributed by atoms with E-state index >= 15 is 0 Å². The zero-order chi connectivity index (χ0) is 9.61. The molecule has 0 heterocycles. The Bertz CT molecular complexity index is 201. The lowest BCUT2D eigenvalue weighted by Gasteiger charge is -2.10. The van der Waals surface area contributed by atoms with E-state index in [0.717, 1.165) is 0 Å². The van der Waals surface area contributed by atoms with Gasteiger partial charge in [-0.2, -0.15) is 0 Å². The highest BCUT2D eigenvalue weighted by atomic mass is 32.2. The Balaban J connectivity index is 3.62. The molecule has 0 aromatic carbocycles. The number of likely N-dealkylation sites (N-methyl/N-ethyl adjacent to an activating group) is 1. The van der Waals surface area contributed by atoms with Crippen LogP contribution in [0.1, 0.15) is 0 Å². The lowest BCUT2D eigenvalue weighted by Crippen LogP contribution is -2.34. The third-order valence-electron chi connectivity index (χ3n) is 1.27. The summed E-state index contributed by atoms with van der Waals surface area (Å²) in [5.74, 6) is 0.000425. The molecule has 3 N–H and O–H groups in total. The van der Waals surface area contributed by atoms with Crippen LogP contribution in [0.3, 0.4) is 0 Å². The highest BCUT2D eigenvalue weighted by Gasteiger charge is 2.06. The summed E-state index contributed by atoms with van der Waals surface area (Å²) in [6, 6.07) is 0. The first-order valence-corrected chi connectivity index (χ1v) is 5.45. The number of nitrogens with one attached hydrogen (secondary N) is 1. The summed E-state index contributed by atoms with van der Waals surface area (Å²) in [6.07, 6.45) is 0. The van der Waals surface area contributed by atoms with Gasteiger partial charge in [0.15, 0.2) is 0 Å². The molecule has 0 radical (unpaired) electrons. The van der Waals surface area contributed by atoms with Gasteiger partial charge in [-0.05, 0) is 14.1 Å². The van der Waals surface area contributed by atoms with E-state index in [4.69, 9.17) is 5.73 Å². The molecule has 0 aromatic rings. The molecule has 6 heteroatoms. The van der Waals surface area contributed by atoms with Gasteiger partial charge in [-0.3, -0.25) is 0 Å². The molecular weight excluding hydrogens is 178 g/mol. The van der Waals surface area contributed by atoms with E-state index in [1.165, 1.54) is 0 Å². The van der Waals surface area contributed by atoms with Crippen LogP contribution in [0.25, 0.3) is 0 Å². The average molecular weight is 195 g/mol. The molecule has 0 fully saturated rings. The van der Waals surface area contributed by atoms with Crippen LogP contribution in [0.15, 0.2) is 0 Å². The Morgan fingerprint density at radius 1 is 1.42 bits per heavy atom. The zero-order valence-electron chi connectivity index (χ0n) is 7.58. The largest absolute Gasteiger partial charge is 0.329 e. The van der Waals surface area contributed by atoms with Gasteiger partial charge < -0.3 is 10.6 Å². The van der Waals surface area contributed by atoms with Gasteiger partial charge in [0.05, 0.1) is 5.75 Å². The van der Waals surface area contributed by atoms with Crippen molar-refractivity contribution in [3.63, 3.8) is 0 Å². The fraction of sp³-hybridized carbons (Fsp3) is 1.00. The van der Waals surface area contributed by atoms with Gasteiger partial charge >= 0.3 is 0 Å². The second-order valence-corrected chi connectivity index (χ2v) is 4.73. The molecule has 74 valence electrons. The Morgan fingerprint density at radius 3 is 2.42 bits per heavy atom. The normalized spacial score (nSPS) is 12.3. The molecule has 0 aromatic heterocycles. The van der Waals surface area contributed by atoms with E-state index in [1.54, 1.807) is 0 Å². The van der Waals surface area contributed by atoms with Crippen LogP contribution in [-0.4, -0.2) is 52.8 Å². The number of hydrogen-bond donors (Lipinski definition) is 2. The molecular formula is C6H17N3O2S. The Morgan fingerprint density at radius 2 is 2.00 bits per heavy atom. The summed E-state index contributed by atoms with van der Waals surface area (Å²) >= 11 is 0. The third-order valence-corrected chi connectivity index (χ3v) is 2.68. The van der Waals surface area contributed by atoms with Crippen LogP contribution >= 0.6 is 0 Å². The highest BCUT2D eigenvalue weighted by molar-refractivity contribution is 7.89. The van der Waals surface area contributed by atoms with Crippen molar-refractivity contribution < 1.29 is 8.42 Å². The van der Waals surface area contributed by atoms with Crippen molar-refractivity contribution in [3.8, 4) is 0 Å². The molecule has 0 aliphatic carbocycles. The molecule has 0 saturated heterocycles. The molecule has 12 heavy (non-hydrogen) atoms. The Kier molecular flexibility index (Phi) is 5.39. The van der Waals surface area contributed by atoms with E-state index in [0.29, 0.717) is 13.1 Å². The predicted molar refractivity (Wildman–Crippen MR) is 49.4 cm³/mol. The number of nitrogens with two attached hydrogens (primary N) is 1. The van der Waals surface area contributed by atoms with Crippen molar-refractivity contribution in [2.24, 2.45) is 5.73 Å². The molecule has 0 unspecified atom stereocenters. The van der Waals surface area contributed by atoms with Gasteiger partial charge in [0.25, 0.3) is 0 Å². The van der Waals surface area contributed by atoms with Crippen molar-refractivity contribution in [1.82, 2.24) is 9.62 Å². The Labute approximate surface area is 74.0 Å². The van der Waals surface area contributed by atoms with Crippen LogP contribution in [0.2, 0.25) is 0 Å². The lowest BCUT2D eigenvalue weighted by atomic mass is 10.6. The first-order chi connectivity index (χ1) is 5.48. The molecule has 0 aliphatic heterocycles. The summed E-state index contributed by atoms with van der Waals surface area (Å²) < 4.78 is 24.4. The SMILES string of the molecule is CN(C)CCNS(=O)(=O)CCN. The zero-order valence-corrected chi connectivity index (χ0v) is 8.39. The van der Waals surface area contributed by atoms with Crippen molar-refractivity contribution in [1.29, 1.82) is 0 Å². The Hall–Kier alpha value is -0.170. The van der Waals surface area contributed by atoms with Gasteiger partial charge in [0, 0.05) is 19.6 Å². The maximum absolute atomic E-state index is 11.0. The minimum Gasteiger partial charge on any atom is -0.329 e. The van der Waals surface area contributed by atoms with Crippen molar-refractivity contribution in [3.05, 3.63) is 0 Å². The van der Waals surface area contributed by atoms with Crippen molar-refractivity contribution >= 4 is 10.0 Å². The smallest absolute Gasteiger partial charge is 0.212 e. The predicted octanol–water partition coefficient (Wildman–Crippen LogP) is -1.57. The standard InChI is InChI=1S/C6H17N3O2S/c1-9(2)5-4-8-12(10,11)6-3-7/h8H,3-7H2,1-2H3. The van der Waals surface area contributed by atoms with Crippen LogP contribution < -0.4 is 10.5 Å². The number of hydrogen-bond acceptors (Lipinski definition) is 4. The highest BCUT2D eigenvalue weighted by Crippen LogP contribution is 1.81. The number of rotatable bonds is 6. The van der Waals surface area contributed by atoms with Crippen molar-refractivity contribution in [2.75, 3.05) is 39.5 Å². The summed E-state index contributed by atoms with van der Waals surface area (Å²) in [5.41, 5.74) is 5.12. The molecule has 0 amide bonds. The minimum absolute atomic E-state index is 0.000425. The van der Waals surface area contributed by atoms with Crippen LogP contribution in [-0.2, 0) is 10.0 Å². The fourth-order valence-corrected chi connectivity index (χ4v) is 1.51. The summed E-state index contributed by atoms with van der Waals surface area (Å²) in [7, 11) is 0.643. The molecule has 0 spiro atoms. The summed E-state index contributed by atoms with van der Waals surface area (Å²) in [6.45, 7) is 1.30. The molecule has 0 saturated carbocycles. The molecule has 0 atom stereocenters. The fourth-order valence-electron chi connectivity index (χ4n) is 0.652. The maximum Gasteiger partial charge on any atom is 0.212 e. The topological polar surface area (TPSA) is 75.4 Å². The lowest BCUT2D eigenvalue weighted by molar-refractivity contribution is 0.412. The van der Waals surface area contributed by atoms with Gasteiger partial charge in [0.1, 0.15) is 0 Å². The van der Waals surface area contributed by atoms with Gasteiger partial charge in [-0.15, -0.1) is 0 Å². The van der Waals surface area contributed by atoms with Crippen LogP contribution in [0.5, 0.6) is 0 Å². The first-order valence-electron chi connectivity index (χ1n) is 3.80. The van der Waals surface area contributed by atoms with Gasteiger partial charge in [-0.1, -0.05) is 0 Å². The van der Waals surface area contributed by atoms with Gasteiger partial charge in [0.2, 0.25) is 10.0 Å². The first kappa shape index (κ1) is 11.8. The quantitative estimate of drug-likeness (QED) is 0.537. The van der Waals surface area contributed by atoms with E-state index in [-0.39, 0.29) is 12.3 Å². The molecule has 0 aliphatic rings. The molecule has 5 nitrogen and oxygen atoms in total. The maximum atomic E-state index is 11.0. The molecule has 0 bridgehead atoms.